The Bertz CT molecular complexity index is 292. The lowest BCUT2D eigenvalue weighted by Gasteiger charge is -1.94. The summed E-state index contributed by atoms with van der Waals surface area (Å²) in [6, 6.07) is 10.3. The van der Waals surface area contributed by atoms with Gasteiger partial charge in [-0.3, -0.25) is 0 Å². The van der Waals surface area contributed by atoms with Crippen molar-refractivity contribution in [1.82, 2.24) is 5.32 Å². The Hall–Kier alpha value is -1.26. The van der Waals surface area contributed by atoms with Crippen LogP contribution in [0.4, 0.5) is 0 Å². The first-order valence-corrected chi connectivity index (χ1v) is 5.14. The molecular weight excluding hydrogens is 170 g/mol. The van der Waals surface area contributed by atoms with E-state index in [4.69, 9.17) is 0 Å². The molecule has 1 aromatic rings. The second kappa shape index (κ2) is 7.17. The van der Waals surface area contributed by atoms with Gasteiger partial charge in [0.15, 0.2) is 0 Å². The number of hydrogen-bond donors (Lipinski definition) is 1. The average molecular weight is 187 g/mol. The molecule has 0 aliphatic carbocycles. The molecule has 0 atom stereocenters. The summed E-state index contributed by atoms with van der Waals surface area (Å²) < 4.78 is 0. The summed E-state index contributed by atoms with van der Waals surface area (Å²) >= 11 is 0. The molecule has 14 heavy (non-hydrogen) atoms. The third-order valence-electron chi connectivity index (χ3n) is 1.90. The van der Waals surface area contributed by atoms with Gasteiger partial charge in [0.25, 0.3) is 0 Å². The molecule has 0 saturated heterocycles. The number of hydrogen-bond acceptors (Lipinski definition) is 1. The van der Waals surface area contributed by atoms with E-state index in [9.17, 15) is 0 Å². The largest absolute Gasteiger partial charge is 0.306 e. The molecule has 0 saturated carbocycles. The summed E-state index contributed by atoms with van der Waals surface area (Å²) in [6.45, 7) is 4.02. The maximum atomic E-state index is 3.25. The van der Waals surface area contributed by atoms with Crippen LogP contribution in [0.2, 0.25) is 0 Å². The Morgan fingerprint density at radius 1 is 1.14 bits per heavy atom. The van der Waals surface area contributed by atoms with Gasteiger partial charge in [-0.1, -0.05) is 49.1 Å². The van der Waals surface area contributed by atoms with Crippen LogP contribution in [0.3, 0.4) is 0 Å². The van der Waals surface area contributed by atoms with Gasteiger partial charge in [0.05, 0.1) is 6.54 Å². The van der Waals surface area contributed by atoms with E-state index in [1.54, 1.807) is 0 Å². The molecule has 0 aromatic heterocycles. The highest BCUT2D eigenvalue weighted by atomic mass is 14.8. The van der Waals surface area contributed by atoms with Crippen molar-refractivity contribution in [1.29, 1.82) is 0 Å². The van der Waals surface area contributed by atoms with Crippen LogP contribution in [-0.2, 0) is 6.42 Å². The maximum absolute atomic E-state index is 3.25. The van der Waals surface area contributed by atoms with Crippen molar-refractivity contribution in [2.45, 2.75) is 19.8 Å². The highest BCUT2D eigenvalue weighted by molar-refractivity contribution is 5.20. The summed E-state index contributed by atoms with van der Waals surface area (Å²) in [5, 5.41) is 3.25. The van der Waals surface area contributed by atoms with E-state index >= 15 is 0 Å². The molecule has 0 unspecified atom stereocenters. The van der Waals surface area contributed by atoms with Crippen LogP contribution < -0.4 is 5.32 Å². The monoisotopic (exact) mass is 187 g/mol. The smallest absolute Gasteiger partial charge is 0.0576 e. The molecule has 1 nitrogen and oxygen atoms in total. The Kier molecular flexibility index (Phi) is 5.54. The van der Waals surface area contributed by atoms with E-state index in [2.05, 4.69) is 36.2 Å². The van der Waals surface area contributed by atoms with E-state index in [1.165, 1.54) is 12.0 Å². The van der Waals surface area contributed by atoms with Crippen molar-refractivity contribution < 1.29 is 0 Å². The minimum Gasteiger partial charge on any atom is -0.306 e. The first kappa shape index (κ1) is 10.8. The first-order chi connectivity index (χ1) is 6.93. The normalized spacial score (nSPS) is 9.21. The lowest BCUT2D eigenvalue weighted by Crippen LogP contribution is -2.14. The van der Waals surface area contributed by atoms with E-state index in [-0.39, 0.29) is 0 Å². The summed E-state index contributed by atoms with van der Waals surface area (Å²) in [5.41, 5.74) is 1.29. The summed E-state index contributed by atoms with van der Waals surface area (Å²) in [7, 11) is 0. The van der Waals surface area contributed by atoms with Crippen molar-refractivity contribution in [2.24, 2.45) is 0 Å². The standard InChI is InChI=1S/C13H17N/c1-2-11-14-12-7-6-10-13-8-4-3-5-9-13/h3-5,8-9,14H,2,10-12H2,1H3. The highest BCUT2D eigenvalue weighted by Gasteiger charge is 1.84. The van der Waals surface area contributed by atoms with Gasteiger partial charge in [-0.05, 0) is 18.5 Å². The van der Waals surface area contributed by atoms with Crippen molar-refractivity contribution in [3.05, 3.63) is 35.9 Å². The molecule has 0 radical (unpaired) electrons. The van der Waals surface area contributed by atoms with Crippen molar-refractivity contribution >= 4 is 0 Å². The van der Waals surface area contributed by atoms with Crippen LogP contribution in [0, 0.1) is 11.8 Å². The van der Waals surface area contributed by atoms with E-state index in [0.717, 1.165) is 19.5 Å². The Balaban J connectivity index is 2.20. The van der Waals surface area contributed by atoms with E-state index < -0.39 is 0 Å². The predicted molar refractivity (Wildman–Crippen MR) is 61.1 cm³/mol. The fourth-order valence-corrected chi connectivity index (χ4v) is 1.15. The molecule has 1 aromatic carbocycles. The maximum Gasteiger partial charge on any atom is 0.0576 e. The Labute approximate surface area is 86.5 Å². The zero-order valence-corrected chi connectivity index (χ0v) is 8.72. The third kappa shape index (κ3) is 4.69. The fraction of sp³-hybridized carbons (Fsp3) is 0.385. The lowest BCUT2D eigenvalue weighted by atomic mass is 10.2. The molecule has 1 N–H and O–H groups in total. The molecule has 0 spiro atoms. The molecule has 1 heteroatoms. The zero-order chi connectivity index (χ0) is 10.1. The molecule has 1 rings (SSSR count). The van der Waals surface area contributed by atoms with Crippen LogP contribution in [0.25, 0.3) is 0 Å². The molecule has 0 aliphatic rings. The van der Waals surface area contributed by atoms with Gasteiger partial charge >= 0.3 is 0 Å². The zero-order valence-electron chi connectivity index (χ0n) is 8.72. The van der Waals surface area contributed by atoms with Crippen LogP contribution in [0.1, 0.15) is 18.9 Å². The summed E-state index contributed by atoms with van der Waals surface area (Å²) in [6.07, 6.45) is 2.02. The van der Waals surface area contributed by atoms with Crippen LogP contribution in [-0.4, -0.2) is 13.1 Å². The second-order valence-electron chi connectivity index (χ2n) is 3.19. The topological polar surface area (TPSA) is 12.0 Å². The highest BCUT2D eigenvalue weighted by Crippen LogP contribution is 1.97. The molecule has 0 amide bonds. The van der Waals surface area contributed by atoms with Gasteiger partial charge in [-0.15, -0.1) is 0 Å². The minimum atomic E-state index is 0.806. The molecule has 0 heterocycles. The van der Waals surface area contributed by atoms with Crippen molar-refractivity contribution in [2.75, 3.05) is 13.1 Å². The van der Waals surface area contributed by atoms with Gasteiger partial charge in [0.1, 0.15) is 0 Å². The summed E-state index contributed by atoms with van der Waals surface area (Å²) in [5.74, 6) is 6.26. The average Bonchev–Trinajstić information content (AvgIpc) is 2.25. The Morgan fingerprint density at radius 3 is 2.64 bits per heavy atom. The number of rotatable bonds is 4. The van der Waals surface area contributed by atoms with E-state index in [0.29, 0.717) is 0 Å². The van der Waals surface area contributed by atoms with Crippen LogP contribution >= 0.6 is 0 Å². The van der Waals surface area contributed by atoms with Gasteiger partial charge in [0, 0.05) is 6.42 Å². The number of nitrogens with one attached hydrogen (secondary N) is 1. The summed E-state index contributed by atoms with van der Waals surface area (Å²) in [4.78, 5) is 0. The molecule has 74 valence electrons. The van der Waals surface area contributed by atoms with Gasteiger partial charge in [-0.2, -0.15) is 0 Å². The molecule has 0 aliphatic heterocycles. The predicted octanol–water partition coefficient (Wildman–Crippen LogP) is 2.23. The third-order valence-corrected chi connectivity index (χ3v) is 1.90. The van der Waals surface area contributed by atoms with Crippen molar-refractivity contribution in [3.63, 3.8) is 0 Å². The molecule has 0 fully saturated rings. The van der Waals surface area contributed by atoms with E-state index in [1.807, 2.05) is 18.2 Å². The lowest BCUT2D eigenvalue weighted by molar-refractivity contribution is 0.736. The Morgan fingerprint density at radius 2 is 1.93 bits per heavy atom. The fourth-order valence-electron chi connectivity index (χ4n) is 1.15. The van der Waals surface area contributed by atoms with Gasteiger partial charge in [-0.25, -0.2) is 0 Å². The van der Waals surface area contributed by atoms with Gasteiger partial charge in [0.2, 0.25) is 0 Å². The first-order valence-electron chi connectivity index (χ1n) is 5.14. The van der Waals surface area contributed by atoms with Crippen molar-refractivity contribution in [3.8, 4) is 11.8 Å². The SMILES string of the molecule is CCCNCC#CCc1ccccc1. The second-order valence-corrected chi connectivity index (χ2v) is 3.19. The minimum absolute atomic E-state index is 0.806. The quantitative estimate of drug-likeness (QED) is 0.563. The molecular formula is C13H17N. The van der Waals surface area contributed by atoms with Gasteiger partial charge < -0.3 is 5.32 Å². The van der Waals surface area contributed by atoms with Crippen LogP contribution in [0.5, 0.6) is 0 Å². The molecule has 0 bridgehead atoms. The van der Waals surface area contributed by atoms with Crippen LogP contribution in [0.15, 0.2) is 30.3 Å². The number of benzene rings is 1.